The quantitative estimate of drug-likeness (QED) is 0.654. The number of nitrogens with zero attached hydrogens (tertiary/aromatic N) is 2. The Kier molecular flexibility index (Phi) is 3.61. The van der Waals surface area contributed by atoms with Crippen LogP contribution in [0.1, 0.15) is 13.3 Å². The predicted octanol–water partition coefficient (Wildman–Crippen LogP) is -0.228. The van der Waals surface area contributed by atoms with E-state index in [0.717, 1.165) is 26.1 Å². The van der Waals surface area contributed by atoms with E-state index in [2.05, 4.69) is 23.8 Å². The maximum atomic E-state index is 9.97. The van der Waals surface area contributed by atoms with Crippen molar-refractivity contribution in [3.63, 3.8) is 0 Å². The molecule has 0 saturated carbocycles. The summed E-state index contributed by atoms with van der Waals surface area (Å²) in [6.45, 7) is 6.85. The molecule has 0 bridgehead atoms. The average Bonchev–Trinajstić information content (AvgIpc) is 2.20. The van der Waals surface area contributed by atoms with Crippen molar-refractivity contribution in [2.45, 2.75) is 31.5 Å². The Morgan fingerprint density at radius 2 is 2.13 bits per heavy atom. The first-order valence-corrected chi connectivity index (χ1v) is 5.88. The zero-order valence-corrected chi connectivity index (χ0v) is 9.72. The maximum Gasteiger partial charge on any atom is 0.0739 e. The van der Waals surface area contributed by atoms with Crippen molar-refractivity contribution < 1.29 is 9.84 Å². The van der Waals surface area contributed by atoms with Gasteiger partial charge in [0, 0.05) is 32.3 Å². The average molecular weight is 214 g/mol. The molecule has 2 aliphatic rings. The zero-order chi connectivity index (χ0) is 10.8. The third kappa shape index (κ3) is 2.50. The number of likely N-dealkylation sites (N-methyl/N-ethyl adjacent to an activating group) is 1. The molecular weight excluding hydrogens is 192 g/mol. The highest BCUT2D eigenvalue weighted by Crippen LogP contribution is 2.19. The normalized spacial score (nSPS) is 40.6. The SMILES string of the molecule is CC1CN(C)CCN1C1COCCC1O. The number of aliphatic hydroxyl groups is 1. The molecule has 0 radical (unpaired) electrons. The highest BCUT2D eigenvalue weighted by atomic mass is 16.5. The summed E-state index contributed by atoms with van der Waals surface area (Å²) in [4.78, 5) is 4.75. The number of ether oxygens (including phenoxy) is 1. The number of rotatable bonds is 1. The van der Waals surface area contributed by atoms with Crippen molar-refractivity contribution >= 4 is 0 Å². The molecular formula is C11H22N2O2. The van der Waals surface area contributed by atoms with E-state index < -0.39 is 0 Å². The van der Waals surface area contributed by atoms with Crippen LogP contribution in [0.2, 0.25) is 0 Å². The summed E-state index contributed by atoms with van der Waals surface area (Å²) in [5, 5.41) is 9.97. The molecule has 2 saturated heterocycles. The molecule has 4 nitrogen and oxygen atoms in total. The first-order chi connectivity index (χ1) is 7.18. The third-order valence-corrected chi connectivity index (χ3v) is 3.60. The fourth-order valence-corrected chi connectivity index (χ4v) is 2.67. The molecule has 0 aromatic heterocycles. The van der Waals surface area contributed by atoms with Gasteiger partial charge in [-0.15, -0.1) is 0 Å². The molecule has 1 N–H and O–H groups in total. The van der Waals surface area contributed by atoms with Crippen LogP contribution in [0.3, 0.4) is 0 Å². The molecule has 3 atom stereocenters. The highest BCUT2D eigenvalue weighted by Gasteiger charge is 2.34. The summed E-state index contributed by atoms with van der Waals surface area (Å²) in [7, 11) is 2.15. The van der Waals surface area contributed by atoms with Gasteiger partial charge in [0.15, 0.2) is 0 Å². The number of hydrogen-bond acceptors (Lipinski definition) is 4. The number of aliphatic hydroxyl groups excluding tert-OH is 1. The molecule has 0 aliphatic carbocycles. The van der Waals surface area contributed by atoms with Gasteiger partial charge in [0.1, 0.15) is 0 Å². The van der Waals surface area contributed by atoms with Gasteiger partial charge in [0.25, 0.3) is 0 Å². The smallest absolute Gasteiger partial charge is 0.0739 e. The van der Waals surface area contributed by atoms with Gasteiger partial charge >= 0.3 is 0 Å². The summed E-state index contributed by atoms with van der Waals surface area (Å²) in [5.74, 6) is 0. The molecule has 0 amide bonds. The van der Waals surface area contributed by atoms with E-state index in [1.807, 2.05) is 0 Å². The lowest BCUT2D eigenvalue weighted by molar-refractivity contribution is -0.0842. The molecule has 2 fully saturated rings. The van der Waals surface area contributed by atoms with Gasteiger partial charge in [-0.25, -0.2) is 0 Å². The monoisotopic (exact) mass is 214 g/mol. The van der Waals surface area contributed by atoms with Crippen LogP contribution in [0, 0.1) is 0 Å². The van der Waals surface area contributed by atoms with E-state index in [0.29, 0.717) is 19.3 Å². The van der Waals surface area contributed by atoms with Gasteiger partial charge < -0.3 is 14.7 Å². The Bertz CT molecular complexity index is 213. The first kappa shape index (κ1) is 11.3. The molecule has 2 aliphatic heterocycles. The van der Waals surface area contributed by atoms with Crippen molar-refractivity contribution in [1.82, 2.24) is 9.80 Å². The van der Waals surface area contributed by atoms with Crippen LogP contribution in [0.5, 0.6) is 0 Å². The van der Waals surface area contributed by atoms with Gasteiger partial charge in [-0.05, 0) is 20.4 Å². The van der Waals surface area contributed by atoms with Crippen LogP contribution < -0.4 is 0 Å². The molecule has 0 aromatic rings. The number of hydrogen-bond donors (Lipinski definition) is 1. The lowest BCUT2D eigenvalue weighted by Gasteiger charge is -2.45. The van der Waals surface area contributed by atoms with Crippen LogP contribution in [0.25, 0.3) is 0 Å². The third-order valence-electron chi connectivity index (χ3n) is 3.60. The fraction of sp³-hybridized carbons (Fsp3) is 1.00. The van der Waals surface area contributed by atoms with Crippen LogP contribution in [-0.4, -0.2) is 73.0 Å². The minimum atomic E-state index is -0.204. The van der Waals surface area contributed by atoms with E-state index in [1.165, 1.54) is 0 Å². The first-order valence-electron chi connectivity index (χ1n) is 5.88. The number of piperazine rings is 1. The standard InChI is InChI=1S/C11H22N2O2/c1-9-7-12(2)4-5-13(9)10-8-15-6-3-11(10)14/h9-11,14H,3-8H2,1-2H3. The highest BCUT2D eigenvalue weighted by molar-refractivity contribution is 4.88. The Hall–Kier alpha value is -0.160. The second-order valence-electron chi connectivity index (χ2n) is 4.85. The summed E-state index contributed by atoms with van der Waals surface area (Å²) in [6.07, 6.45) is 0.577. The van der Waals surface area contributed by atoms with Crippen LogP contribution in [0.15, 0.2) is 0 Å². The zero-order valence-electron chi connectivity index (χ0n) is 9.72. The Labute approximate surface area is 91.8 Å². The van der Waals surface area contributed by atoms with Crippen LogP contribution in [-0.2, 0) is 4.74 Å². The lowest BCUT2D eigenvalue weighted by Crippen LogP contribution is -2.59. The van der Waals surface area contributed by atoms with E-state index >= 15 is 0 Å². The van der Waals surface area contributed by atoms with E-state index in [1.54, 1.807) is 0 Å². The van der Waals surface area contributed by atoms with Gasteiger partial charge in [-0.1, -0.05) is 0 Å². The van der Waals surface area contributed by atoms with Crippen molar-refractivity contribution in [2.24, 2.45) is 0 Å². The summed E-state index contributed by atoms with van der Waals surface area (Å²) < 4.78 is 5.47. The van der Waals surface area contributed by atoms with Crippen LogP contribution in [0.4, 0.5) is 0 Å². The van der Waals surface area contributed by atoms with Gasteiger partial charge in [-0.3, -0.25) is 4.90 Å². The minimum Gasteiger partial charge on any atom is -0.391 e. The van der Waals surface area contributed by atoms with Crippen molar-refractivity contribution in [3.05, 3.63) is 0 Å². The van der Waals surface area contributed by atoms with Crippen molar-refractivity contribution in [3.8, 4) is 0 Å². The largest absolute Gasteiger partial charge is 0.391 e. The van der Waals surface area contributed by atoms with E-state index in [-0.39, 0.29) is 12.1 Å². The minimum absolute atomic E-state index is 0.204. The Morgan fingerprint density at radius 3 is 2.80 bits per heavy atom. The lowest BCUT2D eigenvalue weighted by atomic mass is 10.0. The van der Waals surface area contributed by atoms with Gasteiger partial charge in [0.05, 0.1) is 18.8 Å². The van der Waals surface area contributed by atoms with Gasteiger partial charge in [0.2, 0.25) is 0 Å². The van der Waals surface area contributed by atoms with Gasteiger partial charge in [-0.2, -0.15) is 0 Å². The van der Waals surface area contributed by atoms with E-state index in [9.17, 15) is 5.11 Å². The molecule has 0 spiro atoms. The maximum absolute atomic E-state index is 9.97. The molecule has 4 heteroatoms. The summed E-state index contributed by atoms with van der Waals surface area (Å²) >= 11 is 0. The molecule has 88 valence electrons. The summed E-state index contributed by atoms with van der Waals surface area (Å²) in [5.41, 5.74) is 0. The van der Waals surface area contributed by atoms with Crippen molar-refractivity contribution in [2.75, 3.05) is 39.9 Å². The van der Waals surface area contributed by atoms with E-state index in [4.69, 9.17) is 4.74 Å². The topological polar surface area (TPSA) is 35.9 Å². The Balaban J connectivity index is 1.96. The molecule has 0 aromatic carbocycles. The fourth-order valence-electron chi connectivity index (χ4n) is 2.67. The van der Waals surface area contributed by atoms with Crippen LogP contribution >= 0.6 is 0 Å². The molecule has 3 unspecified atom stereocenters. The second kappa shape index (κ2) is 4.78. The second-order valence-corrected chi connectivity index (χ2v) is 4.85. The predicted molar refractivity (Wildman–Crippen MR) is 58.9 cm³/mol. The molecule has 2 heterocycles. The summed E-state index contributed by atoms with van der Waals surface area (Å²) in [6, 6.07) is 0.729. The Morgan fingerprint density at radius 1 is 1.33 bits per heavy atom. The van der Waals surface area contributed by atoms with Crippen molar-refractivity contribution in [1.29, 1.82) is 0 Å². The molecule has 2 rings (SSSR count). The molecule has 15 heavy (non-hydrogen) atoms.